The van der Waals surface area contributed by atoms with E-state index >= 15 is 0 Å². The van der Waals surface area contributed by atoms with Crippen LogP contribution in [-0.4, -0.2) is 12.5 Å². The molecule has 1 aromatic carbocycles. The van der Waals surface area contributed by atoms with E-state index in [9.17, 15) is 4.79 Å². The lowest BCUT2D eigenvalue weighted by Crippen LogP contribution is -2.22. The molecule has 0 aliphatic heterocycles. The highest BCUT2D eigenvalue weighted by Crippen LogP contribution is 2.22. The van der Waals surface area contributed by atoms with Gasteiger partial charge < -0.3 is 11.1 Å². The second-order valence-electron chi connectivity index (χ2n) is 4.14. The molecule has 0 bridgehead atoms. The van der Waals surface area contributed by atoms with Crippen molar-refractivity contribution in [3.63, 3.8) is 0 Å². The van der Waals surface area contributed by atoms with Crippen molar-refractivity contribution < 1.29 is 4.79 Å². The number of halogens is 1. The van der Waals surface area contributed by atoms with E-state index in [1.807, 2.05) is 23.6 Å². The molecule has 2 aromatic rings. The summed E-state index contributed by atoms with van der Waals surface area (Å²) < 4.78 is 0.841. The van der Waals surface area contributed by atoms with Gasteiger partial charge >= 0.3 is 0 Å². The number of rotatable bonds is 5. The summed E-state index contributed by atoms with van der Waals surface area (Å²) in [5, 5.41) is 4.80. The van der Waals surface area contributed by atoms with Crippen LogP contribution >= 0.6 is 27.3 Å². The van der Waals surface area contributed by atoms with Gasteiger partial charge in [-0.1, -0.05) is 24.3 Å². The molecule has 2 rings (SSSR count). The van der Waals surface area contributed by atoms with Crippen LogP contribution in [0.2, 0.25) is 0 Å². The molecule has 0 radical (unpaired) electrons. The zero-order valence-electron chi connectivity index (χ0n) is 10.4. The fraction of sp³-hybridized carbons (Fsp3) is 0.214. The third-order valence-corrected chi connectivity index (χ3v) is 4.57. The average Bonchev–Trinajstić information content (AvgIpc) is 2.84. The maximum Gasteiger partial charge on any atom is 0.262 e. The number of carbonyl (C=O) groups is 1. The maximum absolute atomic E-state index is 11.9. The van der Waals surface area contributed by atoms with Gasteiger partial charge in [0.15, 0.2) is 0 Å². The smallest absolute Gasteiger partial charge is 0.262 e. The van der Waals surface area contributed by atoms with Crippen LogP contribution < -0.4 is 11.1 Å². The van der Waals surface area contributed by atoms with Crippen LogP contribution in [0.5, 0.6) is 0 Å². The van der Waals surface area contributed by atoms with E-state index < -0.39 is 0 Å². The van der Waals surface area contributed by atoms with Crippen molar-refractivity contribution in [1.82, 2.24) is 5.32 Å². The molecule has 1 amide bonds. The number of nitrogens with two attached hydrogens (primary N) is 1. The van der Waals surface area contributed by atoms with E-state index in [2.05, 4.69) is 33.4 Å². The highest BCUT2D eigenvalue weighted by atomic mass is 79.9. The first-order valence-corrected chi connectivity index (χ1v) is 7.67. The van der Waals surface area contributed by atoms with Crippen molar-refractivity contribution in [3.05, 3.63) is 56.2 Å². The van der Waals surface area contributed by atoms with Gasteiger partial charge in [0.05, 0.1) is 0 Å². The van der Waals surface area contributed by atoms with Crippen LogP contribution in [0, 0.1) is 0 Å². The van der Waals surface area contributed by atoms with Crippen LogP contribution in [0.25, 0.3) is 0 Å². The standard InChI is InChI=1S/C14H15BrN2OS/c15-12-6-8-19-13(12)14(18)17-9-11-3-1-10(2-4-11)5-7-16/h1-4,6,8H,5,7,9,16H2,(H,17,18). The number of benzene rings is 1. The molecule has 3 nitrogen and oxygen atoms in total. The van der Waals surface area contributed by atoms with Crippen molar-refractivity contribution in [2.24, 2.45) is 5.73 Å². The Balaban J connectivity index is 1.92. The predicted molar refractivity (Wildman–Crippen MR) is 82.4 cm³/mol. The topological polar surface area (TPSA) is 55.1 Å². The van der Waals surface area contributed by atoms with E-state index in [1.54, 1.807) is 0 Å². The van der Waals surface area contributed by atoms with Gasteiger partial charge in [-0.2, -0.15) is 0 Å². The Kier molecular flexibility index (Phi) is 5.13. The maximum atomic E-state index is 11.9. The summed E-state index contributed by atoms with van der Waals surface area (Å²) in [6.07, 6.45) is 0.884. The van der Waals surface area contributed by atoms with Gasteiger partial charge in [0, 0.05) is 11.0 Å². The molecule has 3 N–H and O–H groups in total. The number of hydrogen-bond acceptors (Lipinski definition) is 3. The first-order valence-electron chi connectivity index (χ1n) is 6.00. The van der Waals surface area contributed by atoms with E-state index in [0.717, 1.165) is 16.5 Å². The molecule has 1 aromatic heterocycles. The lowest BCUT2D eigenvalue weighted by Gasteiger charge is -2.05. The summed E-state index contributed by atoms with van der Waals surface area (Å²) >= 11 is 4.79. The highest BCUT2D eigenvalue weighted by Gasteiger charge is 2.10. The molecule has 0 aliphatic carbocycles. The molecule has 0 unspecified atom stereocenters. The van der Waals surface area contributed by atoms with Gasteiger partial charge in [0.25, 0.3) is 5.91 Å². The largest absolute Gasteiger partial charge is 0.347 e. The van der Waals surface area contributed by atoms with E-state index in [-0.39, 0.29) is 5.91 Å². The zero-order chi connectivity index (χ0) is 13.7. The molecule has 100 valence electrons. The fourth-order valence-corrected chi connectivity index (χ4v) is 3.18. The van der Waals surface area contributed by atoms with Crippen LogP contribution in [-0.2, 0) is 13.0 Å². The number of hydrogen-bond donors (Lipinski definition) is 2. The number of amides is 1. The third kappa shape index (κ3) is 3.89. The summed E-state index contributed by atoms with van der Waals surface area (Å²) in [6, 6.07) is 10.0. The predicted octanol–water partition coefficient (Wildman–Crippen LogP) is 2.94. The Bertz CT molecular complexity index is 551. The Labute approximate surface area is 125 Å². The van der Waals surface area contributed by atoms with Crippen molar-refractivity contribution >= 4 is 33.2 Å². The molecule has 0 saturated carbocycles. The fourth-order valence-electron chi connectivity index (χ4n) is 1.71. The normalized spacial score (nSPS) is 10.4. The second kappa shape index (κ2) is 6.84. The van der Waals surface area contributed by atoms with Crippen molar-refractivity contribution in [2.75, 3.05) is 6.54 Å². The average molecular weight is 339 g/mol. The molecule has 5 heteroatoms. The van der Waals surface area contributed by atoms with Crippen LogP contribution in [0.1, 0.15) is 20.8 Å². The summed E-state index contributed by atoms with van der Waals surface area (Å²) in [4.78, 5) is 12.6. The quantitative estimate of drug-likeness (QED) is 0.880. The third-order valence-electron chi connectivity index (χ3n) is 2.73. The van der Waals surface area contributed by atoms with Gasteiger partial charge in [-0.15, -0.1) is 11.3 Å². The highest BCUT2D eigenvalue weighted by molar-refractivity contribution is 9.10. The first kappa shape index (κ1) is 14.2. The van der Waals surface area contributed by atoms with Gasteiger partial charge in [0.2, 0.25) is 0 Å². The molecule has 1 heterocycles. The molecule has 0 saturated heterocycles. The minimum atomic E-state index is -0.0482. The molecular weight excluding hydrogens is 324 g/mol. The molecule has 0 atom stereocenters. The Morgan fingerprint density at radius 1 is 1.21 bits per heavy atom. The molecular formula is C14H15BrN2OS. The lowest BCUT2D eigenvalue weighted by molar-refractivity contribution is 0.0954. The number of nitrogens with one attached hydrogen (secondary N) is 1. The van der Waals surface area contributed by atoms with E-state index in [0.29, 0.717) is 18.0 Å². The summed E-state index contributed by atoms with van der Waals surface area (Å²) in [5.41, 5.74) is 7.81. The van der Waals surface area contributed by atoms with Crippen molar-refractivity contribution in [3.8, 4) is 0 Å². The minimum Gasteiger partial charge on any atom is -0.347 e. The van der Waals surface area contributed by atoms with Gasteiger partial charge in [-0.25, -0.2) is 0 Å². The number of carbonyl (C=O) groups excluding carboxylic acids is 1. The molecule has 0 aliphatic rings. The summed E-state index contributed by atoms with van der Waals surface area (Å²) in [5.74, 6) is -0.0482. The summed E-state index contributed by atoms with van der Waals surface area (Å²) in [7, 11) is 0. The Morgan fingerprint density at radius 3 is 2.47 bits per heavy atom. The SMILES string of the molecule is NCCc1ccc(CNC(=O)c2sccc2Br)cc1. The minimum absolute atomic E-state index is 0.0482. The molecule has 0 fully saturated rings. The van der Waals surface area contributed by atoms with Crippen LogP contribution in [0.3, 0.4) is 0 Å². The monoisotopic (exact) mass is 338 g/mol. The van der Waals surface area contributed by atoms with Gasteiger partial charge in [0.1, 0.15) is 4.88 Å². The second-order valence-corrected chi connectivity index (χ2v) is 5.91. The Hall–Kier alpha value is -1.17. The van der Waals surface area contributed by atoms with Crippen LogP contribution in [0.4, 0.5) is 0 Å². The molecule has 0 spiro atoms. The number of thiophene rings is 1. The van der Waals surface area contributed by atoms with E-state index in [1.165, 1.54) is 16.9 Å². The lowest BCUT2D eigenvalue weighted by atomic mass is 10.1. The Morgan fingerprint density at radius 2 is 1.89 bits per heavy atom. The van der Waals surface area contributed by atoms with Crippen molar-refractivity contribution in [1.29, 1.82) is 0 Å². The van der Waals surface area contributed by atoms with Crippen molar-refractivity contribution in [2.45, 2.75) is 13.0 Å². The zero-order valence-corrected chi connectivity index (χ0v) is 12.8. The first-order chi connectivity index (χ1) is 9.20. The summed E-state index contributed by atoms with van der Waals surface area (Å²) in [6.45, 7) is 1.19. The van der Waals surface area contributed by atoms with E-state index in [4.69, 9.17) is 5.73 Å². The van der Waals surface area contributed by atoms with Gasteiger partial charge in [-0.05, 0) is 51.5 Å². The van der Waals surface area contributed by atoms with Gasteiger partial charge in [-0.3, -0.25) is 4.79 Å². The molecule has 19 heavy (non-hydrogen) atoms. The van der Waals surface area contributed by atoms with Crippen LogP contribution in [0.15, 0.2) is 40.2 Å².